The molecule has 0 aliphatic carbocycles. The van der Waals surface area contributed by atoms with Crippen LogP contribution in [0, 0.1) is 18.3 Å². The van der Waals surface area contributed by atoms with Gasteiger partial charge >= 0.3 is 0 Å². The second-order valence-corrected chi connectivity index (χ2v) is 5.75. The SMILES string of the molecule is COc1nnc(NC(=O)c2cnc(C)cc2-c2cnc(C#N)nc2)s1. The number of anilines is 1. The Labute approximate surface area is 146 Å². The largest absolute Gasteiger partial charge is 0.472 e. The minimum atomic E-state index is -0.398. The lowest BCUT2D eigenvalue weighted by atomic mass is 10.0. The van der Waals surface area contributed by atoms with Gasteiger partial charge in [0, 0.05) is 35.4 Å². The van der Waals surface area contributed by atoms with Gasteiger partial charge in [0.15, 0.2) is 0 Å². The Kier molecular flexibility index (Phi) is 4.58. The highest BCUT2D eigenvalue weighted by atomic mass is 32.1. The lowest BCUT2D eigenvalue weighted by Crippen LogP contribution is -2.14. The molecule has 124 valence electrons. The van der Waals surface area contributed by atoms with Crippen molar-refractivity contribution < 1.29 is 9.53 Å². The molecule has 0 aromatic carbocycles. The summed E-state index contributed by atoms with van der Waals surface area (Å²) in [5.74, 6) is -0.341. The second-order valence-electron chi connectivity index (χ2n) is 4.81. The summed E-state index contributed by atoms with van der Waals surface area (Å²) in [6.07, 6.45) is 4.45. The van der Waals surface area contributed by atoms with E-state index in [0.29, 0.717) is 27.0 Å². The molecule has 1 amide bonds. The van der Waals surface area contributed by atoms with Crippen LogP contribution in [0.1, 0.15) is 21.9 Å². The molecule has 0 radical (unpaired) electrons. The normalized spacial score (nSPS) is 10.1. The van der Waals surface area contributed by atoms with Crippen molar-refractivity contribution in [1.29, 1.82) is 5.26 Å². The Balaban J connectivity index is 1.95. The predicted octanol–water partition coefficient (Wildman–Crippen LogP) is 1.83. The van der Waals surface area contributed by atoms with E-state index >= 15 is 0 Å². The molecule has 0 atom stereocenters. The molecule has 3 rings (SSSR count). The molecule has 0 saturated carbocycles. The number of aryl methyl sites for hydroxylation is 1. The number of nitrogens with one attached hydrogen (secondary N) is 1. The number of amides is 1. The van der Waals surface area contributed by atoms with Crippen LogP contribution >= 0.6 is 11.3 Å². The molecule has 0 aliphatic heterocycles. The summed E-state index contributed by atoms with van der Waals surface area (Å²) in [6.45, 7) is 1.81. The highest BCUT2D eigenvalue weighted by Gasteiger charge is 2.17. The Hall–Kier alpha value is -3.45. The van der Waals surface area contributed by atoms with Crippen LogP contribution in [0.5, 0.6) is 5.19 Å². The third kappa shape index (κ3) is 3.56. The monoisotopic (exact) mass is 353 g/mol. The minimum absolute atomic E-state index is 0.0569. The highest BCUT2D eigenvalue weighted by molar-refractivity contribution is 7.17. The summed E-state index contributed by atoms with van der Waals surface area (Å²) in [7, 11) is 1.47. The quantitative estimate of drug-likeness (QED) is 0.752. The lowest BCUT2D eigenvalue weighted by Gasteiger charge is -2.09. The summed E-state index contributed by atoms with van der Waals surface area (Å²) >= 11 is 1.11. The molecule has 0 bridgehead atoms. The number of aromatic nitrogens is 5. The number of carbonyl (C=O) groups excluding carboxylic acids is 1. The molecule has 1 N–H and O–H groups in total. The van der Waals surface area contributed by atoms with E-state index in [1.165, 1.54) is 25.7 Å². The van der Waals surface area contributed by atoms with Crippen LogP contribution in [-0.2, 0) is 0 Å². The van der Waals surface area contributed by atoms with E-state index in [4.69, 9.17) is 10.00 Å². The van der Waals surface area contributed by atoms with E-state index < -0.39 is 5.91 Å². The summed E-state index contributed by atoms with van der Waals surface area (Å²) < 4.78 is 4.95. The number of nitrogens with zero attached hydrogens (tertiary/aromatic N) is 6. The van der Waals surface area contributed by atoms with Crippen molar-refractivity contribution in [1.82, 2.24) is 25.1 Å². The fraction of sp³-hybridized carbons (Fsp3) is 0.133. The summed E-state index contributed by atoms with van der Waals surface area (Å²) in [6, 6.07) is 3.61. The van der Waals surface area contributed by atoms with Crippen LogP contribution < -0.4 is 10.1 Å². The van der Waals surface area contributed by atoms with Crippen LogP contribution in [0.3, 0.4) is 0 Å². The predicted molar refractivity (Wildman–Crippen MR) is 89.1 cm³/mol. The molecule has 3 aromatic rings. The van der Waals surface area contributed by atoms with Gasteiger partial charge in [-0.15, -0.1) is 5.10 Å². The molecule has 0 aliphatic rings. The number of nitriles is 1. The molecule has 0 fully saturated rings. The van der Waals surface area contributed by atoms with Crippen LogP contribution in [0.25, 0.3) is 11.1 Å². The van der Waals surface area contributed by atoms with Gasteiger partial charge in [-0.05, 0) is 24.3 Å². The van der Waals surface area contributed by atoms with Gasteiger partial charge in [-0.2, -0.15) is 5.26 Å². The molecular weight excluding hydrogens is 342 g/mol. The smallest absolute Gasteiger partial charge is 0.295 e. The van der Waals surface area contributed by atoms with Gasteiger partial charge in [0.2, 0.25) is 11.0 Å². The number of carbonyl (C=O) groups is 1. The lowest BCUT2D eigenvalue weighted by molar-refractivity contribution is 0.102. The van der Waals surface area contributed by atoms with Gasteiger partial charge in [-0.25, -0.2) is 9.97 Å². The first-order chi connectivity index (χ1) is 12.1. The molecule has 0 spiro atoms. The molecule has 0 saturated heterocycles. The maximum atomic E-state index is 12.6. The van der Waals surface area contributed by atoms with E-state index in [9.17, 15) is 4.79 Å². The van der Waals surface area contributed by atoms with Crippen LogP contribution in [0.4, 0.5) is 5.13 Å². The third-order valence-electron chi connectivity index (χ3n) is 3.15. The van der Waals surface area contributed by atoms with Crippen LogP contribution in [0.15, 0.2) is 24.7 Å². The van der Waals surface area contributed by atoms with Gasteiger partial charge < -0.3 is 4.74 Å². The zero-order chi connectivity index (χ0) is 17.8. The molecule has 25 heavy (non-hydrogen) atoms. The van der Waals surface area contributed by atoms with Crippen molar-refractivity contribution in [3.63, 3.8) is 0 Å². The third-order valence-corrected chi connectivity index (χ3v) is 3.95. The van der Waals surface area contributed by atoms with Crippen molar-refractivity contribution in [2.45, 2.75) is 6.92 Å². The first-order valence-corrected chi connectivity index (χ1v) is 7.80. The number of hydrogen-bond donors (Lipinski definition) is 1. The van der Waals surface area contributed by atoms with E-state index in [2.05, 4.69) is 30.5 Å². The van der Waals surface area contributed by atoms with Crippen molar-refractivity contribution >= 4 is 22.4 Å². The fourth-order valence-electron chi connectivity index (χ4n) is 2.01. The van der Waals surface area contributed by atoms with Gasteiger partial charge in [0.1, 0.15) is 6.07 Å². The zero-order valence-electron chi connectivity index (χ0n) is 13.2. The molecule has 3 heterocycles. The van der Waals surface area contributed by atoms with Crippen LogP contribution in [0.2, 0.25) is 0 Å². The first kappa shape index (κ1) is 16.4. The standard InChI is InChI=1S/C15H11N7O2S/c1-8-3-10(9-5-18-12(4-16)19-6-9)11(7-17-8)13(23)20-14-21-22-15(24-2)25-14/h3,5-7H,1-2H3,(H,20,21,23). The van der Waals surface area contributed by atoms with Crippen molar-refractivity contribution in [3.05, 3.63) is 41.7 Å². The summed E-state index contributed by atoms with van der Waals surface area (Å²) in [5, 5.41) is 19.7. The topological polar surface area (TPSA) is 127 Å². The number of ether oxygens (including phenoxy) is 1. The maximum Gasteiger partial charge on any atom is 0.295 e. The highest BCUT2D eigenvalue weighted by Crippen LogP contribution is 2.26. The van der Waals surface area contributed by atoms with Gasteiger partial charge in [-0.1, -0.05) is 5.10 Å². The Bertz CT molecular complexity index is 963. The van der Waals surface area contributed by atoms with Crippen molar-refractivity contribution in [3.8, 4) is 22.4 Å². The average molecular weight is 353 g/mol. The van der Waals surface area contributed by atoms with E-state index in [0.717, 1.165) is 17.0 Å². The van der Waals surface area contributed by atoms with E-state index in [-0.39, 0.29) is 5.82 Å². The zero-order valence-corrected chi connectivity index (χ0v) is 14.0. The summed E-state index contributed by atoms with van der Waals surface area (Å²) in [4.78, 5) is 24.6. The van der Waals surface area contributed by atoms with Gasteiger partial charge in [-0.3, -0.25) is 15.1 Å². The molecule has 3 aromatic heterocycles. The fourth-order valence-corrected chi connectivity index (χ4v) is 2.57. The van der Waals surface area contributed by atoms with Gasteiger partial charge in [0.05, 0.1) is 12.7 Å². The van der Waals surface area contributed by atoms with E-state index in [1.807, 2.05) is 13.0 Å². The second kappa shape index (κ2) is 6.98. The maximum absolute atomic E-state index is 12.6. The Morgan fingerprint density at radius 3 is 2.64 bits per heavy atom. The molecule has 10 heteroatoms. The van der Waals surface area contributed by atoms with E-state index in [1.54, 1.807) is 6.07 Å². The number of methoxy groups -OCH3 is 1. The minimum Gasteiger partial charge on any atom is -0.472 e. The average Bonchev–Trinajstić information content (AvgIpc) is 3.09. The Morgan fingerprint density at radius 2 is 2.00 bits per heavy atom. The van der Waals surface area contributed by atoms with Crippen molar-refractivity contribution in [2.75, 3.05) is 12.4 Å². The first-order valence-electron chi connectivity index (χ1n) is 6.98. The Morgan fingerprint density at radius 1 is 1.24 bits per heavy atom. The van der Waals surface area contributed by atoms with Gasteiger partial charge in [0.25, 0.3) is 11.1 Å². The number of hydrogen-bond acceptors (Lipinski definition) is 9. The molecule has 0 unspecified atom stereocenters. The number of pyridine rings is 1. The number of rotatable bonds is 4. The van der Waals surface area contributed by atoms with Crippen LogP contribution in [-0.4, -0.2) is 38.2 Å². The molecule has 9 nitrogen and oxygen atoms in total. The molecular formula is C15H11N7O2S. The summed E-state index contributed by atoms with van der Waals surface area (Å²) in [5.41, 5.74) is 2.26. The van der Waals surface area contributed by atoms with Crippen molar-refractivity contribution in [2.24, 2.45) is 0 Å².